The number of hydrogen-bond acceptors (Lipinski definition) is 0. The van der Waals surface area contributed by atoms with E-state index in [1.807, 2.05) is 0 Å². The largest absolute Gasteiger partial charge is 0.107 e. The van der Waals surface area contributed by atoms with Crippen molar-refractivity contribution in [3.05, 3.63) is 11.1 Å². The van der Waals surface area contributed by atoms with Gasteiger partial charge in [0.2, 0.25) is 0 Å². The van der Waals surface area contributed by atoms with Crippen molar-refractivity contribution >= 4 is 27.5 Å². The fourth-order valence-electron chi connectivity index (χ4n) is 1.98. The minimum Gasteiger partial charge on any atom is -0.106 e. The molecule has 0 aromatic heterocycles. The first kappa shape index (κ1) is 8.12. The maximum absolute atomic E-state index is 6.06. The molecule has 0 unspecified atom stereocenters. The van der Waals surface area contributed by atoms with Crippen molar-refractivity contribution in [2.75, 3.05) is 0 Å². The van der Waals surface area contributed by atoms with Crippen LogP contribution in [-0.2, 0) is 0 Å². The molecule has 0 bridgehead atoms. The summed E-state index contributed by atoms with van der Waals surface area (Å²) in [6.45, 7) is 0. The summed E-state index contributed by atoms with van der Waals surface area (Å²) < 4.78 is -0.0715. The molecule has 2 saturated carbocycles. The molecule has 0 amide bonds. The number of hydrogen-bond donors (Lipinski definition) is 0. The van der Waals surface area contributed by atoms with Crippen LogP contribution in [0.2, 0.25) is 0 Å². The smallest absolute Gasteiger partial charge is 0.106 e. The van der Waals surface area contributed by atoms with Gasteiger partial charge in [0.25, 0.3) is 0 Å². The molecule has 0 spiro atoms. The molecule has 2 aliphatic carbocycles. The van der Waals surface area contributed by atoms with E-state index in [9.17, 15) is 0 Å². The first-order chi connectivity index (χ1) is 5.17. The number of allylic oxidation sites excluding steroid dienone is 2. The van der Waals surface area contributed by atoms with Crippen molar-refractivity contribution < 1.29 is 0 Å². The van der Waals surface area contributed by atoms with Crippen LogP contribution in [0.4, 0.5) is 0 Å². The van der Waals surface area contributed by atoms with Gasteiger partial charge in [-0.1, -0.05) is 27.1 Å². The third-order valence-electron chi connectivity index (χ3n) is 2.65. The van der Waals surface area contributed by atoms with Gasteiger partial charge in [0.15, 0.2) is 0 Å². The molecule has 2 aliphatic rings. The maximum atomic E-state index is 6.06. The highest BCUT2D eigenvalue weighted by Crippen LogP contribution is 2.50. The minimum absolute atomic E-state index is 0.0715. The molecule has 62 valence electrons. The fraction of sp³-hybridized carbons (Fsp3) is 0.778. The van der Waals surface area contributed by atoms with E-state index in [0.717, 1.165) is 12.8 Å². The van der Waals surface area contributed by atoms with Gasteiger partial charge in [-0.25, -0.2) is 0 Å². The van der Waals surface area contributed by atoms with Gasteiger partial charge in [-0.3, -0.25) is 0 Å². The van der Waals surface area contributed by atoms with Crippen LogP contribution < -0.4 is 0 Å². The molecule has 0 radical (unpaired) electrons. The van der Waals surface area contributed by atoms with Crippen LogP contribution in [0.15, 0.2) is 11.1 Å². The summed E-state index contributed by atoms with van der Waals surface area (Å²) >= 11 is 9.54. The summed E-state index contributed by atoms with van der Waals surface area (Å²) in [4.78, 5) is 0. The zero-order valence-corrected chi connectivity index (χ0v) is 8.84. The van der Waals surface area contributed by atoms with Crippen molar-refractivity contribution in [3.8, 4) is 0 Å². The molecule has 0 N–H and O–H groups in total. The minimum atomic E-state index is -0.0715. The number of alkyl halides is 2. The predicted molar refractivity (Wildman–Crippen MR) is 52.2 cm³/mol. The fourth-order valence-corrected chi connectivity index (χ4v) is 2.98. The zero-order valence-electron chi connectivity index (χ0n) is 6.50. The average molecular weight is 236 g/mol. The lowest BCUT2D eigenvalue weighted by Crippen LogP contribution is -2.26. The molecule has 0 heterocycles. The molecule has 0 aliphatic heterocycles. The molecule has 0 aromatic rings. The Bertz CT molecular complexity index is 188. The van der Waals surface area contributed by atoms with Crippen molar-refractivity contribution in [1.82, 2.24) is 0 Å². The van der Waals surface area contributed by atoms with Gasteiger partial charge >= 0.3 is 0 Å². The first-order valence-corrected chi connectivity index (χ1v) is 5.42. The SMILES string of the molecule is ClC1(Br)CC(=C2CCCC2)C1. The summed E-state index contributed by atoms with van der Waals surface area (Å²) in [6.07, 6.45) is 7.63. The van der Waals surface area contributed by atoms with Gasteiger partial charge in [0, 0.05) is 0 Å². The van der Waals surface area contributed by atoms with Crippen LogP contribution in [0.25, 0.3) is 0 Å². The number of rotatable bonds is 0. The third-order valence-corrected chi connectivity index (χ3v) is 3.48. The van der Waals surface area contributed by atoms with Gasteiger partial charge in [-0.2, -0.15) is 0 Å². The van der Waals surface area contributed by atoms with Crippen LogP contribution in [0.1, 0.15) is 38.5 Å². The summed E-state index contributed by atoms with van der Waals surface area (Å²) in [6, 6.07) is 0. The monoisotopic (exact) mass is 234 g/mol. The second-order valence-corrected chi connectivity index (χ2v) is 6.32. The lowest BCUT2D eigenvalue weighted by Gasteiger charge is -2.34. The molecule has 0 saturated heterocycles. The van der Waals surface area contributed by atoms with Crippen molar-refractivity contribution in [2.24, 2.45) is 0 Å². The second-order valence-electron chi connectivity index (χ2n) is 3.62. The van der Waals surface area contributed by atoms with Crippen LogP contribution in [0.3, 0.4) is 0 Å². The summed E-state index contributed by atoms with van der Waals surface area (Å²) in [5.41, 5.74) is 3.34. The zero-order chi connectivity index (χ0) is 7.90. The van der Waals surface area contributed by atoms with Crippen LogP contribution in [0, 0.1) is 0 Å². The second kappa shape index (κ2) is 2.77. The van der Waals surface area contributed by atoms with Crippen molar-refractivity contribution in [2.45, 2.75) is 42.3 Å². The van der Waals surface area contributed by atoms with E-state index in [1.54, 1.807) is 11.1 Å². The van der Waals surface area contributed by atoms with Gasteiger partial charge in [-0.15, -0.1) is 11.6 Å². The van der Waals surface area contributed by atoms with Gasteiger partial charge in [0.1, 0.15) is 3.78 Å². The Morgan fingerprint density at radius 1 is 1.09 bits per heavy atom. The molecule has 2 heteroatoms. The third kappa shape index (κ3) is 1.65. The summed E-state index contributed by atoms with van der Waals surface area (Å²) in [5, 5.41) is 0. The molecule has 0 aromatic carbocycles. The molecule has 0 nitrogen and oxygen atoms in total. The van der Waals surface area contributed by atoms with E-state index >= 15 is 0 Å². The van der Waals surface area contributed by atoms with Gasteiger partial charge in [0.05, 0.1) is 0 Å². The van der Waals surface area contributed by atoms with E-state index < -0.39 is 0 Å². The van der Waals surface area contributed by atoms with E-state index in [1.165, 1.54) is 25.7 Å². The standard InChI is InChI=1S/C9H12BrCl/c10-9(11)5-8(6-9)7-3-1-2-4-7/h1-6H2. The topological polar surface area (TPSA) is 0 Å². The van der Waals surface area contributed by atoms with Crippen molar-refractivity contribution in [3.63, 3.8) is 0 Å². The lowest BCUT2D eigenvalue weighted by atomic mass is 9.86. The molecule has 0 atom stereocenters. The predicted octanol–water partition coefficient (Wildman–Crippen LogP) is 3.98. The number of halogens is 2. The Hall–Kier alpha value is 0.510. The Morgan fingerprint density at radius 2 is 1.64 bits per heavy atom. The van der Waals surface area contributed by atoms with E-state index in [2.05, 4.69) is 15.9 Å². The first-order valence-electron chi connectivity index (χ1n) is 4.25. The Labute approximate surface area is 81.1 Å². The molecule has 11 heavy (non-hydrogen) atoms. The highest BCUT2D eigenvalue weighted by atomic mass is 79.9. The Balaban J connectivity index is 2.03. The quantitative estimate of drug-likeness (QED) is 0.440. The lowest BCUT2D eigenvalue weighted by molar-refractivity contribution is 0.619. The van der Waals surface area contributed by atoms with Gasteiger partial charge < -0.3 is 0 Å². The van der Waals surface area contributed by atoms with Gasteiger partial charge in [-0.05, 0) is 38.5 Å². The Morgan fingerprint density at radius 3 is 2.09 bits per heavy atom. The van der Waals surface area contributed by atoms with Crippen LogP contribution >= 0.6 is 27.5 Å². The normalized spacial score (nSPS) is 37.6. The Kier molecular flexibility index (Phi) is 2.05. The maximum Gasteiger partial charge on any atom is 0.107 e. The average Bonchev–Trinajstić information content (AvgIpc) is 2.32. The highest BCUT2D eigenvalue weighted by Gasteiger charge is 2.37. The van der Waals surface area contributed by atoms with E-state index in [0.29, 0.717) is 0 Å². The van der Waals surface area contributed by atoms with E-state index in [4.69, 9.17) is 11.6 Å². The summed E-state index contributed by atoms with van der Waals surface area (Å²) in [5.74, 6) is 0. The molecular weight excluding hydrogens is 223 g/mol. The van der Waals surface area contributed by atoms with Crippen LogP contribution in [0.5, 0.6) is 0 Å². The molecule has 2 rings (SSSR count). The van der Waals surface area contributed by atoms with Crippen LogP contribution in [-0.4, -0.2) is 3.78 Å². The summed E-state index contributed by atoms with van der Waals surface area (Å²) in [7, 11) is 0. The molecule has 2 fully saturated rings. The van der Waals surface area contributed by atoms with Crippen molar-refractivity contribution in [1.29, 1.82) is 0 Å². The van der Waals surface area contributed by atoms with E-state index in [-0.39, 0.29) is 3.78 Å². The molecular formula is C9H12BrCl. The highest BCUT2D eigenvalue weighted by molar-refractivity contribution is 9.10.